The topological polar surface area (TPSA) is 59.8 Å². The average molecular weight is 323 g/mol. The first-order chi connectivity index (χ1) is 10.5. The van der Waals surface area contributed by atoms with E-state index in [4.69, 9.17) is 11.6 Å². The van der Waals surface area contributed by atoms with Gasteiger partial charge in [0, 0.05) is 19.3 Å². The van der Waals surface area contributed by atoms with E-state index in [9.17, 15) is 13.6 Å². The largest absolute Gasteiger partial charge is 0.320 e. The molecule has 0 unspecified atom stereocenters. The van der Waals surface area contributed by atoms with Crippen molar-refractivity contribution < 1.29 is 13.6 Å². The smallest absolute Gasteiger partial charge is 0.257 e. The molecule has 0 radical (unpaired) electrons. The van der Waals surface area contributed by atoms with Gasteiger partial charge in [-0.25, -0.2) is 18.7 Å². The zero-order valence-corrected chi connectivity index (χ0v) is 12.0. The first-order valence-corrected chi connectivity index (χ1v) is 6.56. The van der Waals surface area contributed by atoms with Gasteiger partial charge >= 0.3 is 0 Å². The molecule has 1 aromatic carbocycles. The maximum atomic E-state index is 13.2. The normalized spacial score (nSPS) is 10.9. The monoisotopic (exact) mass is 322 g/mol. The van der Waals surface area contributed by atoms with Crippen molar-refractivity contribution in [3.05, 3.63) is 52.9 Å². The molecule has 3 aromatic rings. The van der Waals surface area contributed by atoms with Gasteiger partial charge in [-0.15, -0.1) is 0 Å². The van der Waals surface area contributed by atoms with Crippen LogP contribution < -0.4 is 5.32 Å². The van der Waals surface area contributed by atoms with E-state index in [2.05, 4.69) is 15.3 Å². The Morgan fingerprint density at radius 2 is 1.95 bits per heavy atom. The molecule has 5 nitrogen and oxygen atoms in total. The van der Waals surface area contributed by atoms with Crippen molar-refractivity contribution in [2.75, 3.05) is 5.32 Å². The van der Waals surface area contributed by atoms with Gasteiger partial charge in [0.15, 0.2) is 17.3 Å². The molecule has 0 saturated heterocycles. The van der Waals surface area contributed by atoms with Crippen molar-refractivity contribution in [2.45, 2.75) is 0 Å². The number of benzene rings is 1. The fourth-order valence-electron chi connectivity index (χ4n) is 1.95. The summed E-state index contributed by atoms with van der Waals surface area (Å²) in [5.41, 5.74) is 1.38. The highest BCUT2D eigenvalue weighted by atomic mass is 35.5. The Balaban J connectivity index is 1.91. The van der Waals surface area contributed by atoms with Gasteiger partial charge in [-0.1, -0.05) is 11.6 Å². The minimum absolute atomic E-state index is 0.0216. The second kappa shape index (κ2) is 5.34. The summed E-state index contributed by atoms with van der Waals surface area (Å²) in [6, 6.07) is 3.17. The van der Waals surface area contributed by atoms with Crippen molar-refractivity contribution in [3.63, 3.8) is 0 Å². The number of anilines is 1. The SMILES string of the molecule is Cn1cnc2cc(C(=O)Nc3cc(F)c(F)cc3Cl)cnc21. The van der Waals surface area contributed by atoms with Gasteiger partial charge in [0.05, 0.1) is 22.6 Å². The van der Waals surface area contributed by atoms with Gasteiger partial charge in [-0.05, 0) is 12.1 Å². The van der Waals surface area contributed by atoms with Crippen molar-refractivity contribution in [1.82, 2.24) is 14.5 Å². The Morgan fingerprint density at radius 1 is 1.23 bits per heavy atom. The fourth-order valence-corrected chi connectivity index (χ4v) is 2.15. The molecule has 2 heterocycles. The van der Waals surface area contributed by atoms with Crippen molar-refractivity contribution in [2.24, 2.45) is 7.05 Å². The van der Waals surface area contributed by atoms with E-state index in [-0.39, 0.29) is 16.3 Å². The summed E-state index contributed by atoms with van der Waals surface area (Å²) in [7, 11) is 1.78. The van der Waals surface area contributed by atoms with E-state index in [1.165, 1.54) is 6.20 Å². The number of carbonyl (C=O) groups excluding carboxylic acids is 1. The lowest BCUT2D eigenvalue weighted by atomic mass is 10.2. The second-order valence-corrected chi connectivity index (χ2v) is 5.03. The third kappa shape index (κ3) is 2.50. The highest BCUT2D eigenvalue weighted by Crippen LogP contribution is 2.25. The molecular weight excluding hydrogens is 314 g/mol. The Bertz CT molecular complexity index is 894. The summed E-state index contributed by atoms with van der Waals surface area (Å²) in [5, 5.41) is 2.32. The van der Waals surface area contributed by atoms with Crippen LogP contribution in [0, 0.1) is 11.6 Å². The maximum Gasteiger partial charge on any atom is 0.257 e. The molecule has 0 atom stereocenters. The summed E-state index contributed by atoms with van der Waals surface area (Å²) in [6.07, 6.45) is 2.94. The zero-order valence-electron chi connectivity index (χ0n) is 11.3. The Morgan fingerprint density at radius 3 is 2.73 bits per heavy atom. The number of carbonyl (C=O) groups is 1. The van der Waals surface area contributed by atoms with Crippen LogP contribution in [0.3, 0.4) is 0 Å². The van der Waals surface area contributed by atoms with Gasteiger partial charge in [0.1, 0.15) is 5.52 Å². The average Bonchev–Trinajstić information content (AvgIpc) is 2.85. The number of aryl methyl sites for hydroxylation is 1. The molecule has 3 rings (SSSR count). The van der Waals surface area contributed by atoms with Crippen LogP contribution in [0.4, 0.5) is 14.5 Å². The van der Waals surface area contributed by atoms with Crippen LogP contribution in [-0.2, 0) is 7.05 Å². The number of hydrogen-bond donors (Lipinski definition) is 1. The molecule has 8 heteroatoms. The standard InChI is InChI=1S/C14H9ClF2N4O/c1-21-6-19-12-2-7(5-18-13(12)21)14(22)20-11-4-10(17)9(16)3-8(11)15/h2-6H,1H3,(H,20,22). The minimum Gasteiger partial charge on any atom is -0.320 e. The number of aromatic nitrogens is 3. The fraction of sp³-hybridized carbons (Fsp3) is 0.0714. The minimum atomic E-state index is -1.10. The first kappa shape index (κ1) is 14.4. The van der Waals surface area contributed by atoms with Gasteiger partial charge in [-0.2, -0.15) is 0 Å². The predicted octanol–water partition coefficient (Wildman–Crippen LogP) is 3.15. The molecule has 112 valence electrons. The molecule has 2 aromatic heterocycles. The van der Waals surface area contributed by atoms with Crippen LogP contribution >= 0.6 is 11.6 Å². The van der Waals surface area contributed by atoms with Crippen molar-refractivity contribution in [1.29, 1.82) is 0 Å². The van der Waals surface area contributed by atoms with Gasteiger partial charge < -0.3 is 9.88 Å². The Hall–Kier alpha value is -2.54. The first-order valence-electron chi connectivity index (χ1n) is 6.18. The van der Waals surface area contributed by atoms with E-state index in [0.717, 1.165) is 12.1 Å². The number of pyridine rings is 1. The third-order valence-corrected chi connectivity index (χ3v) is 3.38. The number of rotatable bonds is 2. The number of halogens is 3. The molecule has 22 heavy (non-hydrogen) atoms. The molecule has 0 aliphatic carbocycles. The second-order valence-electron chi connectivity index (χ2n) is 4.62. The van der Waals surface area contributed by atoms with Crippen molar-refractivity contribution in [3.8, 4) is 0 Å². The third-order valence-electron chi connectivity index (χ3n) is 3.07. The maximum absolute atomic E-state index is 13.2. The van der Waals surface area contributed by atoms with Crippen LogP contribution in [0.5, 0.6) is 0 Å². The lowest BCUT2D eigenvalue weighted by Gasteiger charge is -2.08. The number of imidazole rings is 1. The lowest BCUT2D eigenvalue weighted by molar-refractivity contribution is 0.102. The van der Waals surface area contributed by atoms with E-state index in [0.29, 0.717) is 11.2 Å². The number of amides is 1. The van der Waals surface area contributed by atoms with Crippen LogP contribution in [-0.4, -0.2) is 20.4 Å². The predicted molar refractivity (Wildman–Crippen MR) is 77.8 cm³/mol. The Labute approximate surface area is 128 Å². The van der Waals surface area contributed by atoms with Crippen LogP contribution in [0.15, 0.2) is 30.7 Å². The van der Waals surface area contributed by atoms with Crippen LogP contribution in [0.1, 0.15) is 10.4 Å². The lowest BCUT2D eigenvalue weighted by Crippen LogP contribution is -2.13. The number of nitrogens with zero attached hydrogens (tertiary/aromatic N) is 3. The van der Waals surface area contributed by atoms with Crippen LogP contribution in [0.25, 0.3) is 11.2 Å². The number of fused-ring (bicyclic) bond motifs is 1. The summed E-state index contributed by atoms with van der Waals surface area (Å²) in [6.45, 7) is 0. The molecule has 0 fully saturated rings. The van der Waals surface area contributed by atoms with Crippen molar-refractivity contribution >= 4 is 34.4 Å². The van der Waals surface area contributed by atoms with E-state index in [1.807, 2.05) is 0 Å². The van der Waals surface area contributed by atoms with Gasteiger partial charge in [0.2, 0.25) is 0 Å². The molecule has 1 amide bonds. The van der Waals surface area contributed by atoms with Gasteiger partial charge in [-0.3, -0.25) is 4.79 Å². The quantitative estimate of drug-likeness (QED) is 0.737. The summed E-state index contributed by atoms with van der Waals surface area (Å²) in [5.74, 6) is -2.73. The molecular formula is C14H9ClF2N4O. The number of nitrogens with one attached hydrogen (secondary N) is 1. The summed E-state index contributed by atoms with van der Waals surface area (Å²) < 4.78 is 27.9. The molecule has 0 bridgehead atoms. The number of hydrogen-bond acceptors (Lipinski definition) is 3. The zero-order chi connectivity index (χ0) is 15.9. The Kier molecular flexibility index (Phi) is 3.50. The molecule has 0 saturated carbocycles. The summed E-state index contributed by atoms with van der Waals surface area (Å²) >= 11 is 5.78. The van der Waals surface area contributed by atoms with E-state index < -0.39 is 17.5 Å². The van der Waals surface area contributed by atoms with Crippen LogP contribution in [0.2, 0.25) is 5.02 Å². The molecule has 0 aliphatic heterocycles. The molecule has 0 aliphatic rings. The summed E-state index contributed by atoms with van der Waals surface area (Å²) in [4.78, 5) is 20.4. The van der Waals surface area contributed by atoms with E-state index in [1.54, 1.807) is 24.0 Å². The van der Waals surface area contributed by atoms with E-state index >= 15 is 0 Å². The molecule has 0 spiro atoms. The highest BCUT2D eigenvalue weighted by Gasteiger charge is 2.14. The van der Waals surface area contributed by atoms with Gasteiger partial charge in [0.25, 0.3) is 5.91 Å². The molecule has 1 N–H and O–H groups in total. The highest BCUT2D eigenvalue weighted by molar-refractivity contribution is 6.33.